The second kappa shape index (κ2) is 3.60. The van der Waals surface area contributed by atoms with Gasteiger partial charge in [0, 0.05) is 12.5 Å². The Morgan fingerprint density at radius 1 is 1.90 bits per heavy atom. The Hall–Kier alpha value is -0.520. The third-order valence-electron chi connectivity index (χ3n) is 1.04. The lowest BCUT2D eigenvalue weighted by atomic mass is 10.3. The summed E-state index contributed by atoms with van der Waals surface area (Å²) < 4.78 is 8.32. The fraction of sp³-hybridized carbons (Fsp3) is 0.600. The van der Waals surface area contributed by atoms with Crippen LogP contribution in [0.4, 0.5) is 0 Å². The molecule has 0 saturated heterocycles. The van der Waals surface area contributed by atoms with Gasteiger partial charge < -0.3 is 9.84 Å². The van der Waals surface area contributed by atoms with Crippen LogP contribution in [0.3, 0.4) is 0 Å². The Balaban J connectivity index is 2.50. The second-order valence-electron chi connectivity index (χ2n) is 1.80. The molecule has 10 heavy (non-hydrogen) atoms. The highest BCUT2D eigenvalue weighted by Gasteiger charge is 2.08. The highest BCUT2D eigenvalue weighted by atomic mass is 32.1. The van der Waals surface area contributed by atoms with Crippen molar-refractivity contribution in [2.24, 2.45) is 0 Å². The number of nitrogens with zero attached hydrogens (tertiary/aromatic N) is 2. The zero-order valence-electron chi connectivity index (χ0n) is 5.52. The van der Waals surface area contributed by atoms with Gasteiger partial charge in [0.15, 0.2) is 0 Å². The first-order valence-corrected chi connectivity index (χ1v) is 3.62. The number of hydrogen-bond donors (Lipinski definition) is 1. The van der Waals surface area contributed by atoms with Crippen molar-refractivity contribution in [3.8, 4) is 0 Å². The van der Waals surface area contributed by atoms with E-state index in [1.807, 2.05) is 0 Å². The van der Waals surface area contributed by atoms with Gasteiger partial charge in [-0.05, 0) is 11.5 Å². The topological polar surface area (TPSA) is 55.2 Å². The Kier molecular flexibility index (Phi) is 2.73. The normalized spacial score (nSPS) is 13.4. The minimum Gasteiger partial charge on any atom is -0.384 e. The first-order chi connectivity index (χ1) is 4.84. The van der Waals surface area contributed by atoms with E-state index in [4.69, 9.17) is 4.74 Å². The van der Waals surface area contributed by atoms with Crippen LogP contribution in [0.25, 0.3) is 0 Å². The van der Waals surface area contributed by atoms with Crippen molar-refractivity contribution in [2.75, 3.05) is 13.7 Å². The molecule has 0 aliphatic heterocycles. The third kappa shape index (κ3) is 1.73. The van der Waals surface area contributed by atoms with Crippen LogP contribution >= 0.6 is 11.5 Å². The summed E-state index contributed by atoms with van der Waals surface area (Å²) in [6.07, 6.45) is -0.635. The molecule has 1 heterocycles. The van der Waals surface area contributed by atoms with E-state index in [2.05, 4.69) is 9.59 Å². The van der Waals surface area contributed by atoms with Gasteiger partial charge in [0.2, 0.25) is 0 Å². The summed E-state index contributed by atoms with van der Waals surface area (Å²) in [4.78, 5) is 0. The Labute approximate surface area is 62.6 Å². The van der Waals surface area contributed by atoms with E-state index >= 15 is 0 Å². The summed E-state index contributed by atoms with van der Waals surface area (Å²) in [5.74, 6) is 0. The van der Waals surface area contributed by atoms with Crippen molar-refractivity contribution >= 4 is 11.5 Å². The largest absolute Gasteiger partial charge is 0.384 e. The van der Waals surface area contributed by atoms with E-state index < -0.39 is 6.10 Å². The predicted molar refractivity (Wildman–Crippen MR) is 36.7 cm³/mol. The van der Waals surface area contributed by atoms with Crippen LogP contribution in [0.5, 0.6) is 0 Å². The van der Waals surface area contributed by atoms with Gasteiger partial charge in [-0.3, -0.25) is 0 Å². The van der Waals surface area contributed by atoms with Crippen LogP contribution in [0.15, 0.2) is 5.38 Å². The number of ether oxygens (including phenoxy) is 1. The van der Waals surface area contributed by atoms with Crippen LogP contribution < -0.4 is 0 Å². The van der Waals surface area contributed by atoms with Gasteiger partial charge in [0.1, 0.15) is 11.8 Å². The molecule has 0 aliphatic carbocycles. The molecule has 0 bridgehead atoms. The number of aliphatic hydroxyl groups excluding tert-OH is 1. The molecule has 1 N–H and O–H groups in total. The van der Waals surface area contributed by atoms with Gasteiger partial charge in [-0.25, -0.2) is 0 Å². The van der Waals surface area contributed by atoms with Crippen LogP contribution in [-0.4, -0.2) is 28.4 Å². The summed E-state index contributed by atoms with van der Waals surface area (Å²) in [5.41, 5.74) is 0.576. The Morgan fingerprint density at radius 3 is 3.20 bits per heavy atom. The SMILES string of the molecule is COCC(O)c1csnn1. The molecule has 0 fully saturated rings. The molecular formula is C5H8N2O2S. The average molecular weight is 160 g/mol. The number of hydrogen-bond acceptors (Lipinski definition) is 5. The Morgan fingerprint density at radius 2 is 2.70 bits per heavy atom. The number of rotatable bonds is 3. The molecule has 0 aliphatic rings. The molecule has 0 spiro atoms. The van der Waals surface area contributed by atoms with Crippen molar-refractivity contribution in [3.63, 3.8) is 0 Å². The van der Waals surface area contributed by atoms with Crippen molar-refractivity contribution < 1.29 is 9.84 Å². The number of aromatic nitrogens is 2. The smallest absolute Gasteiger partial charge is 0.122 e. The predicted octanol–water partition coefficient (Wildman–Crippen LogP) is 0.218. The van der Waals surface area contributed by atoms with Crippen LogP contribution in [0.1, 0.15) is 11.8 Å². The van der Waals surface area contributed by atoms with Gasteiger partial charge in [-0.1, -0.05) is 4.49 Å². The maximum absolute atomic E-state index is 9.19. The fourth-order valence-electron chi connectivity index (χ4n) is 0.560. The summed E-state index contributed by atoms with van der Waals surface area (Å²) >= 11 is 1.22. The molecule has 4 nitrogen and oxygen atoms in total. The zero-order chi connectivity index (χ0) is 7.40. The van der Waals surface area contributed by atoms with Crippen molar-refractivity contribution in [3.05, 3.63) is 11.1 Å². The van der Waals surface area contributed by atoms with E-state index in [0.29, 0.717) is 5.69 Å². The van der Waals surface area contributed by atoms with E-state index in [9.17, 15) is 5.11 Å². The summed E-state index contributed by atoms with van der Waals surface area (Å²) in [7, 11) is 1.53. The lowest BCUT2D eigenvalue weighted by Gasteiger charge is -2.03. The standard InChI is InChI=1S/C5H8N2O2S/c1-9-2-5(8)4-3-10-7-6-4/h3,5,8H,2H2,1H3. The lowest BCUT2D eigenvalue weighted by Crippen LogP contribution is -2.05. The third-order valence-corrected chi connectivity index (χ3v) is 1.57. The maximum atomic E-state index is 9.19. The van der Waals surface area contributed by atoms with Crippen molar-refractivity contribution in [2.45, 2.75) is 6.10 Å². The van der Waals surface area contributed by atoms with Crippen LogP contribution in [0, 0.1) is 0 Å². The van der Waals surface area contributed by atoms with Crippen LogP contribution in [0.2, 0.25) is 0 Å². The quantitative estimate of drug-likeness (QED) is 0.687. The van der Waals surface area contributed by atoms with Crippen molar-refractivity contribution in [1.82, 2.24) is 9.59 Å². The molecule has 1 atom stereocenters. The van der Waals surface area contributed by atoms with Gasteiger partial charge in [-0.2, -0.15) is 0 Å². The van der Waals surface area contributed by atoms with E-state index in [0.717, 1.165) is 0 Å². The van der Waals surface area contributed by atoms with E-state index in [-0.39, 0.29) is 6.61 Å². The van der Waals surface area contributed by atoms with Gasteiger partial charge in [0.25, 0.3) is 0 Å². The highest BCUT2D eigenvalue weighted by molar-refractivity contribution is 7.03. The lowest BCUT2D eigenvalue weighted by molar-refractivity contribution is 0.0617. The first kappa shape index (κ1) is 7.59. The maximum Gasteiger partial charge on any atom is 0.122 e. The van der Waals surface area contributed by atoms with E-state index in [1.165, 1.54) is 18.6 Å². The minimum absolute atomic E-state index is 0.269. The molecule has 0 aromatic carbocycles. The van der Waals surface area contributed by atoms with Gasteiger partial charge in [0.05, 0.1) is 6.61 Å². The van der Waals surface area contributed by atoms with Gasteiger partial charge in [-0.15, -0.1) is 5.10 Å². The molecule has 1 unspecified atom stereocenters. The molecule has 1 aromatic rings. The van der Waals surface area contributed by atoms with E-state index in [1.54, 1.807) is 5.38 Å². The van der Waals surface area contributed by atoms with Crippen LogP contribution in [-0.2, 0) is 4.74 Å². The summed E-state index contributed by atoms with van der Waals surface area (Å²) in [6.45, 7) is 0.269. The molecular weight excluding hydrogens is 152 g/mol. The second-order valence-corrected chi connectivity index (χ2v) is 2.41. The van der Waals surface area contributed by atoms with Crippen molar-refractivity contribution in [1.29, 1.82) is 0 Å². The number of methoxy groups -OCH3 is 1. The molecule has 5 heteroatoms. The average Bonchev–Trinajstić information content (AvgIpc) is 2.38. The Bertz CT molecular complexity index is 178. The monoisotopic (exact) mass is 160 g/mol. The summed E-state index contributed by atoms with van der Waals surface area (Å²) in [6, 6.07) is 0. The summed E-state index contributed by atoms with van der Waals surface area (Å²) in [5, 5.41) is 14.6. The fourth-order valence-corrected chi connectivity index (χ4v) is 1.06. The number of aliphatic hydroxyl groups is 1. The molecule has 0 radical (unpaired) electrons. The first-order valence-electron chi connectivity index (χ1n) is 2.78. The van der Waals surface area contributed by atoms with Gasteiger partial charge >= 0.3 is 0 Å². The minimum atomic E-state index is -0.635. The molecule has 1 aromatic heterocycles. The molecule has 56 valence electrons. The zero-order valence-corrected chi connectivity index (χ0v) is 6.34. The molecule has 0 amide bonds. The molecule has 0 saturated carbocycles. The highest BCUT2D eigenvalue weighted by Crippen LogP contribution is 2.09. The molecule has 1 rings (SSSR count).